The lowest BCUT2D eigenvalue weighted by molar-refractivity contribution is -0.0624. The van der Waals surface area contributed by atoms with Gasteiger partial charge in [0.25, 0.3) is 0 Å². The van der Waals surface area contributed by atoms with E-state index >= 15 is 0 Å². The number of fused-ring (bicyclic) bond motifs is 1. The van der Waals surface area contributed by atoms with E-state index in [1.807, 2.05) is 18.2 Å². The van der Waals surface area contributed by atoms with Gasteiger partial charge in [0.05, 0.1) is 12.1 Å². The second-order valence-corrected chi connectivity index (χ2v) is 6.07. The van der Waals surface area contributed by atoms with Crippen LogP contribution in [0.1, 0.15) is 12.8 Å². The highest BCUT2D eigenvalue weighted by atomic mass is 35.5. The zero-order valence-electron chi connectivity index (χ0n) is 12.8. The number of ether oxygens (including phenoxy) is 2. The molecule has 1 saturated heterocycles. The first-order chi connectivity index (χ1) is 10.7. The number of likely N-dealkylation sites (tertiary alicyclic amines) is 1. The van der Waals surface area contributed by atoms with Gasteiger partial charge in [0.15, 0.2) is 0 Å². The summed E-state index contributed by atoms with van der Waals surface area (Å²) in [5, 5.41) is 1.31. The van der Waals surface area contributed by atoms with Crippen molar-refractivity contribution in [3.05, 3.63) is 29.7 Å². The fourth-order valence-electron chi connectivity index (χ4n) is 2.85. The molecule has 1 fully saturated rings. The zero-order valence-corrected chi connectivity index (χ0v) is 13.6. The Bertz CT molecular complexity index is 652. The van der Waals surface area contributed by atoms with Gasteiger partial charge in [-0.05, 0) is 37.9 Å². The summed E-state index contributed by atoms with van der Waals surface area (Å²) in [5.41, 5.74) is 0.802. The van der Waals surface area contributed by atoms with Crippen molar-refractivity contribution in [2.75, 3.05) is 27.3 Å². The van der Waals surface area contributed by atoms with Crippen molar-refractivity contribution in [1.82, 2.24) is 14.9 Å². The van der Waals surface area contributed by atoms with Gasteiger partial charge in [-0.15, -0.1) is 0 Å². The fourth-order valence-corrected chi connectivity index (χ4v) is 3.05. The van der Waals surface area contributed by atoms with Gasteiger partial charge in [0.1, 0.15) is 23.5 Å². The first kappa shape index (κ1) is 15.5. The highest BCUT2D eigenvalue weighted by molar-refractivity contribution is 6.34. The zero-order chi connectivity index (χ0) is 15.5. The van der Waals surface area contributed by atoms with E-state index in [1.54, 1.807) is 7.11 Å². The number of nitrogens with zero attached hydrogens (tertiary/aromatic N) is 3. The number of hydrogen-bond acceptors (Lipinski definition) is 5. The first-order valence-corrected chi connectivity index (χ1v) is 7.81. The molecule has 5 nitrogen and oxygen atoms in total. The summed E-state index contributed by atoms with van der Waals surface area (Å²) in [4.78, 5) is 10.4. The third-order valence-electron chi connectivity index (χ3n) is 4.23. The predicted molar refractivity (Wildman–Crippen MR) is 86.2 cm³/mol. The number of piperidine rings is 1. The number of hydrogen-bond donors (Lipinski definition) is 0. The molecule has 6 heteroatoms. The van der Waals surface area contributed by atoms with Gasteiger partial charge >= 0.3 is 0 Å². The van der Waals surface area contributed by atoms with Crippen molar-refractivity contribution >= 4 is 22.5 Å². The molecule has 22 heavy (non-hydrogen) atoms. The Labute approximate surface area is 135 Å². The smallest absolute Gasteiger partial charge is 0.140 e. The van der Waals surface area contributed by atoms with Crippen molar-refractivity contribution in [3.63, 3.8) is 0 Å². The van der Waals surface area contributed by atoms with Crippen LogP contribution in [-0.4, -0.2) is 48.4 Å². The van der Waals surface area contributed by atoms with Crippen LogP contribution in [0.5, 0.6) is 5.75 Å². The van der Waals surface area contributed by atoms with E-state index < -0.39 is 0 Å². The van der Waals surface area contributed by atoms with Gasteiger partial charge in [-0.2, -0.15) is 0 Å². The Kier molecular flexibility index (Phi) is 4.76. The summed E-state index contributed by atoms with van der Waals surface area (Å²) in [5.74, 6) is 1.32. The fraction of sp³-hybridized carbons (Fsp3) is 0.500. The van der Waals surface area contributed by atoms with Crippen LogP contribution < -0.4 is 4.74 Å². The van der Waals surface area contributed by atoms with E-state index in [2.05, 4.69) is 21.9 Å². The van der Waals surface area contributed by atoms with E-state index in [9.17, 15) is 0 Å². The molecule has 0 aliphatic carbocycles. The molecule has 0 amide bonds. The Morgan fingerprint density at radius 3 is 3.05 bits per heavy atom. The molecule has 0 spiro atoms. The maximum absolute atomic E-state index is 6.04. The third kappa shape index (κ3) is 3.32. The number of methoxy groups -OCH3 is 1. The van der Waals surface area contributed by atoms with E-state index in [1.165, 1.54) is 6.33 Å². The molecule has 0 N–H and O–H groups in total. The maximum Gasteiger partial charge on any atom is 0.140 e. The second-order valence-electron chi connectivity index (χ2n) is 5.72. The van der Waals surface area contributed by atoms with Crippen molar-refractivity contribution in [3.8, 4) is 5.75 Å². The molecule has 1 aromatic carbocycles. The van der Waals surface area contributed by atoms with Gasteiger partial charge in [-0.25, -0.2) is 9.97 Å². The molecule has 0 radical (unpaired) electrons. The Hall–Kier alpha value is -1.43. The second kappa shape index (κ2) is 6.77. The van der Waals surface area contributed by atoms with Gasteiger partial charge in [-0.3, -0.25) is 4.90 Å². The van der Waals surface area contributed by atoms with E-state index in [0.29, 0.717) is 17.7 Å². The molecular formula is C16H20ClN3O2. The number of rotatable bonds is 4. The minimum Gasteiger partial charge on any atom is -0.493 e. The van der Waals surface area contributed by atoms with Crippen LogP contribution in [0.2, 0.25) is 5.15 Å². The van der Waals surface area contributed by atoms with Crippen LogP contribution in [0.25, 0.3) is 10.9 Å². The Morgan fingerprint density at radius 2 is 2.23 bits per heavy atom. The molecule has 2 aromatic rings. The normalized spacial score (nSPS) is 22.9. The first-order valence-electron chi connectivity index (χ1n) is 7.43. The summed E-state index contributed by atoms with van der Waals surface area (Å²) >= 11 is 6.04. The summed E-state index contributed by atoms with van der Waals surface area (Å²) in [6, 6.07) is 5.73. The third-order valence-corrected chi connectivity index (χ3v) is 4.53. The molecule has 1 aliphatic heterocycles. The molecular weight excluding hydrogens is 302 g/mol. The van der Waals surface area contributed by atoms with Crippen LogP contribution in [0.4, 0.5) is 0 Å². The van der Waals surface area contributed by atoms with E-state index in [-0.39, 0.29) is 6.23 Å². The topological polar surface area (TPSA) is 47.5 Å². The predicted octanol–water partition coefficient (Wildman–Crippen LogP) is 2.98. The van der Waals surface area contributed by atoms with E-state index in [4.69, 9.17) is 21.1 Å². The van der Waals surface area contributed by atoms with Crippen molar-refractivity contribution < 1.29 is 9.47 Å². The standard InChI is InChI=1S/C16H20ClN3O2/c1-20-6-5-11(7-15(20)21-2)9-22-12-3-4-13-14(8-12)18-10-19-16(13)17/h3-4,8,10-11,15H,5-7,9H2,1-2H3. The lowest BCUT2D eigenvalue weighted by Crippen LogP contribution is -2.42. The molecule has 0 bridgehead atoms. The number of benzene rings is 1. The van der Waals surface area contributed by atoms with Crippen LogP contribution >= 0.6 is 11.6 Å². The summed E-state index contributed by atoms with van der Waals surface area (Å²) in [6.45, 7) is 1.73. The molecule has 118 valence electrons. The van der Waals surface area contributed by atoms with Gasteiger partial charge < -0.3 is 9.47 Å². The molecule has 1 aliphatic rings. The van der Waals surface area contributed by atoms with E-state index in [0.717, 1.165) is 36.0 Å². The molecule has 2 atom stereocenters. The highest BCUT2D eigenvalue weighted by Gasteiger charge is 2.26. The van der Waals surface area contributed by atoms with Crippen molar-refractivity contribution in [2.45, 2.75) is 19.1 Å². The van der Waals surface area contributed by atoms with Gasteiger partial charge in [0, 0.05) is 25.1 Å². The average molecular weight is 322 g/mol. The van der Waals surface area contributed by atoms with Crippen LogP contribution in [0.15, 0.2) is 24.5 Å². The highest BCUT2D eigenvalue weighted by Crippen LogP contribution is 2.26. The SMILES string of the molecule is COC1CC(COc2ccc3c(Cl)ncnc3c2)CCN1C. The molecule has 3 rings (SSSR count). The summed E-state index contributed by atoms with van der Waals surface area (Å²) in [6.07, 6.45) is 3.77. The number of halogens is 1. The minimum absolute atomic E-state index is 0.186. The average Bonchev–Trinajstić information content (AvgIpc) is 2.54. The van der Waals surface area contributed by atoms with Crippen molar-refractivity contribution in [1.29, 1.82) is 0 Å². The largest absolute Gasteiger partial charge is 0.493 e. The maximum atomic E-state index is 6.04. The van der Waals surface area contributed by atoms with Crippen LogP contribution in [0.3, 0.4) is 0 Å². The molecule has 2 unspecified atom stereocenters. The Balaban J connectivity index is 1.64. The van der Waals surface area contributed by atoms with Crippen LogP contribution in [-0.2, 0) is 4.74 Å². The quantitative estimate of drug-likeness (QED) is 0.810. The minimum atomic E-state index is 0.186. The number of aromatic nitrogens is 2. The van der Waals surface area contributed by atoms with Crippen LogP contribution in [0, 0.1) is 5.92 Å². The summed E-state index contributed by atoms with van der Waals surface area (Å²) in [7, 11) is 3.86. The summed E-state index contributed by atoms with van der Waals surface area (Å²) < 4.78 is 11.4. The van der Waals surface area contributed by atoms with Crippen molar-refractivity contribution in [2.24, 2.45) is 5.92 Å². The Morgan fingerprint density at radius 1 is 1.36 bits per heavy atom. The monoisotopic (exact) mass is 321 g/mol. The molecule has 2 heterocycles. The molecule has 1 aromatic heterocycles. The lowest BCUT2D eigenvalue weighted by atomic mass is 9.97. The molecule has 0 saturated carbocycles. The lowest BCUT2D eigenvalue weighted by Gasteiger charge is -2.35. The van der Waals surface area contributed by atoms with Gasteiger partial charge in [0.2, 0.25) is 0 Å². The van der Waals surface area contributed by atoms with Gasteiger partial charge in [-0.1, -0.05) is 11.6 Å².